The topological polar surface area (TPSA) is 4.93 Å². The molecular weight excluding hydrogens is 242 g/mol. The van der Waals surface area contributed by atoms with Gasteiger partial charge in [0, 0.05) is 23.5 Å². The summed E-state index contributed by atoms with van der Waals surface area (Å²) in [6, 6.07) is 22.5. The Kier molecular flexibility index (Phi) is 2.91. The first-order valence-electron chi connectivity index (χ1n) is 5.84. The minimum Gasteiger partial charge on any atom is -0.260 e. The van der Waals surface area contributed by atoms with Crippen LogP contribution in [0.5, 0.6) is 0 Å². The van der Waals surface area contributed by atoms with Crippen LogP contribution in [0.4, 0.5) is 0 Å². The molecule has 1 heterocycles. The van der Waals surface area contributed by atoms with Crippen molar-refractivity contribution in [2.75, 3.05) is 0 Å². The van der Waals surface area contributed by atoms with E-state index in [0.29, 0.717) is 0 Å². The highest BCUT2D eigenvalue weighted by Crippen LogP contribution is 2.29. The lowest BCUT2D eigenvalue weighted by Crippen LogP contribution is -1.81. The van der Waals surface area contributed by atoms with Crippen molar-refractivity contribution < 1.29 is 0 Å². The van der Waals surface area contributed by atoms with Crippen LogP contribution in [0.25, 0.3) is 22.4 Å². The van der Waals surface area contributed by atoms with E-state index in [9.17, 15) is 0 Å². The summed E-state index contributed by atoms with van der Waals surface area (Å²) >= 11 is 6.25. The van der Waals surface area contributed by atoms with Crippen molar-refractivity contribution in [3.8, 4) is 22.4 Å². The Morgan fingerprint density at radius 2 is 1.22 bits per heavy atom. The average molecular weight is 254 g/mol. The van der Waals surface area contributed by atoms with E-state index in [-0.39, 0.29) is 0 Å². The molecular formula is C16H12ClN. The Morgan fingerprint density at radius 1 is 0.667 bits per heavy atom. The molecule has 18 heavy (non-hydrogen) atoms. The average Bonchev–Trinajstić information content (AvgIpc) is 2.83. The molecule has 0 bridgehead atoms. The SMILES string of the molecule is Cln1cc(-c2ccccc2)cc1-c1ccccc1. The number of nitrogens with zero attached hydrogens (tertiary/aromatic N) is 1. The Balaban J connectivity index is 2.07. The number of halogens is 1. The van der Waals surface area contributed by atoms with Crippen LogP contribution in [-0.2, 0) is 0 Å². The highest BCUT2D eigenvalue weighted by atomic mass is 35.5. The molecule has 0 atom stereocenters. The minimum absolute atomic E-state index is 1.01. The first-order valence-corrected chi connectivity index (χ1v) is 6.18. The Bertz CT molecular complexity index is 641. The summed E-state index contributed by atoms with van der Waals surface area (Å²) in [5, 5.41) is 0. The molecule has 0 aliphatic rings. The summed E-state index contributed by atoms with van der Waals surface area (Å²) in [6.07, 6.45) is 1.94. The lowest BCUT2D eigenvalue weighted by atomic mass is 10.1. The molecule has 0 unspecified atom stereocenters. The van der Waals surface area contributed by atoms with Gasteiger partial charge in [-0.2, -0.15) is 0 Å². The van der Waals surface area contributed by atoms with Crippen molar-refractivity contribution in [3.05, 3.63) is 72.9 Å². The monoisotopic (exact) mass is 253 g/mol. The number of benzene rings is 2. The second-order valence-corrected chi connectivity index (χ2v) is 4.52. The van der Waals surface area contributed by atoms with Crippen LogP contribution in [0.15, 0.2) is 72.9 Å². The first-order chi connectivity index (χ1) is 8.84. The van der Waals surface area contributed by atoms with Crippen molar-refractivity contribution in [1.29, 1.82) is 0 Å². The molecule has 2 aromatic carbocycles. The molecule has 0 aliphatic carbocycles. The van der Waals surface area contributed by atoms with Gasteiger partial charge in [-0.3, -0.25) is 4.09 Å². The van der Waals surface area contributed by atoms with E-state index in [2.05, 4.69) is 30.3 Å². The van der Waals surface area contributed by atoms with Gasteiger partial charge >= 0.3 is 0 Å². The van der Waals surface area contributed by atoms with E-state index >= 15 is 0 Å². The van der Waals surface area contributed by atoms with Gasteiger partial charge in [0.05, 0.1) is 5.69 Å². The zero-order valence-electron chi connectivity index (χ0n) is 9.75. The molecule has 0 amide bonds. The molecule has 0 spiro atoms. The molecule has 3 rings (SSSR count). The Morgan fingerprint density at radius 3 is 1.83 bits per heavy atom. The third kappa shape index (κ3) is 2.05. The van der Waals surface area contributed by atoms with E-state index in [1.54, 1.807) is 4.09 Å². The summed E-state index contributed by atoms with van der Waals surface area (Å²) in [5.74, 6) is 0. The highest BCUT2D eigenvalue weighted by Gasteiger charge is 2.07. The molecule has 2 heteroatoms. The van der Waals surface area contributed by atoms with Crippen LogP contribution in [0, 0.1) is 0 Å². The van der Waals surface area contributed by atoms with Crippen molar-refractivity contribution in [2.24, 2.45) is 0 Å². The molecule has 0 N–H and O–H groups in total. The van der Waals surface area contributed by atoms with Gasteiger partial charge in [0.15, 0.2) is 0 Å². The molecule has 0 saturated heterocycles. The summed E-state index contributed by atoms with van der Waals surface area (Å²) in [6.45, 7) is 0. The third-order valence-corrected chi connectivity index (χ3v) is 3.23. The Labute approximate surface area is 111 Å². The highest BCUT2D eigenvalue weighted by molar-refractivity contribution is 6.17. The molecule has 1 aromatic heterocycles. The van der Waals surface area contributed by atoms with Crippen LogP contribution < -0.4 is 0 Å². The third-order valence-electron chi connectivity index (χ3n) is 2.95. The van der Waals surface area contributed by atoms with Crippen molar-refractivity contribution >= 4 is 11.8 Å². The second kappa shape index (κ2) is 4.71. The van der Waals surface area contributed by atoms with Crippen molar-refractivity contribution in [1.82, 2.24) is 4.09 Å². The van der Waals surface area contributed by atoms with Crippen molar-refractivity contribution in [3.63, 3.8) is 0 Å². The molecule has 88 valence electrons. The fourth-order valence-corrected chi connectivity index (χ4v) is 2.29. The molecule has 0 radical (unpaired) electrons. The zero-order chi connectivity index (χ0) is 12.4. The normalized spacial score (nSPS) is 10.5. The number of hydrogen-bond donors (Lipinski definition) is 0. The summed E-state index contributed by atoms with van der Waals surface area (Å²) in [4.78, 5) is 0. The standard InChI is InChI=1S/C16H12ClN/c17-18-12-15(13-7-3-1-4-8-13)11-16(18)14-9-5-2-6-10-14/h1-12H. The molecule has 3 aromatic rings. The number of rotatable bonds is 2. The summed E-state index contributed by atoms with van der Waals surface area (Å²) < 4.78 is 1.65. The van der Waals surface area contributed by atoms with Crippen LogP contribution in [0.3, 0.4) is 0 Å². The van der Waals surface area contributed by atoms with E-state index in [0.717, 1.165) is 16.8 Å². The second-order valence-electron chi connectivity index (χ2n) is 4.16. The lowest BCUT2D eigenvalue weighted by Gasteiger charge is -1.99. The first kappa shape index (κ1) is 11.1. The van der Waals surface area contributed by atoms with Crippen LogP contribution in [0.2, 0.25) is 0 Å². The zero-order valence-corrected chi connectivity index (χ0v) is 10.5. The van der Waals surface area contributed by atoms with Gasteiger partial charge in [-0.05, 0) is 17.2 Å². The van der Waals surface area contributed by atoms with Gasteiger partial charge in [0.25, 0.3) is 0 Å². The smallest absolute Gasteiger partial charge is 0.0653 e. The maximum Gasteiger partial charge on any atom is 0.0653 e. The van der Waals surface area contributed by atoms with Gasteiger partial charge in [-0.1, -0.05) is 60.7 Å². The van der Waals surface area contributed by atoms with Crippen LogP contribution in [-0.4, -0.2) is 4.09 Å². The van der Waals surface area contributed by atoms with Crippen molar-refractivity contribution in [2.45, 2.75) is 0 Å². The summed E-state index contributed by atoms with van der Waals surface area (Å²) in [7, 11) is 0. The van der Waals surface area contributed by atoms with Gasteiger partial charge in [-0.15, -0.1) is 0 Å². The minimum atomic E-state index is 1.01. The van der Waals surface area contributed by atoms with E-state index in [1.807, 2.05) is 42.6 Å². The molecule has 0 saturated carbocycles. The maximum atomic E-state index is 6.25. The van der Waals surface area contributed by atoms with E-state index < -0.39 is 0 Å². The van der Waals surface area contributed by atoms with Crippen LogP contribution in [0.1, 0.15) is 0 Å². The maximum absolute atomic E-state index is 6.25. The molecule has 0 aliphatic heterocycles. The fraction of sp³-hybridized carbons (Fsp3) is 0. The van der Waals surface area contributed by atoms with Crippen LogP contribution >= 0.6 is 11.8 Å². The summed E-state index contributed by atoms with van der Waals surface area (Å²) in [5.41, 5.74) is 4.43. The fourth-order valence-electron chi connectivity index (χ4n) is 2.04. The predicted molar refractivity (Wildman–Crippen MR) is 76.6 cm³/mol. The van der Waals surface area contributed by atoms with E-state index in [1.165, 1.54) is 5.56 Å². The largest absolute Gasteiger partial charge is 0.260 e. The molecule has 1 nitrogen and oxygen atoms in total. The van der Waals surface area contributed by atoms with E-state index in [4.69, 9.17) is 11.8 Å². The van der Waals surface area contributed by atoms with Gasteiger partial charge in [0.1, 0.15) is 0 Å². The van der Waals surface area contributed by atoms with Gasteiger partial charge in [-0.25, -0.2) is 0 Å². The Hall–Kier alpha value is -1.99. The predicted octanol–water partition coefficient (Wildman–Crippen LogP) is 4.82. The number of hydrogen-bond acceptors (Lipinski definition) is 0. The van der Waals surface area contributed by atoms with Gasteiger partial charge in [0.2, 0.25) is 0 Å². The molecule has 0 fully saturated rings. The van der Waals surface area contributed by atoms with Gasteiger partial charge < -0.3 is 0 Å². The lowest BCUT2D eigenvalue weighted by molar-refractivity contribution is 1.27. The quantitative estimate of drug-likeness (QED) is 0.617. The number of aromatic nitrogens is 1.